The van der Waals surface area contributed by atoms with E-state index in [0.29, 0.717) is 0 Å². The Morgan fingerprint density at radius 2 is 2.06 bits per heavy atom. The van der Waals surface area contributed by atoms with Crippen LogP contribution < -0.4 is 5.32 Å². The van der Waals surface area contributed by atoms with Crippen molar-refractivity contribution in [2.24, 2.45) is 0 Å². The summed E-state index contributed by atoms with van der Waals surface area (Å²) in [5, 5.41) is 4.56. The smallest absolute Gasteiger partial charge is 0.224 e. The lowest BCUT2D eigenvalue weighted by Gasteiger charge is -2.08. The van der Waals surface area contributed by atoms with Gasteiger partial charge in [0.25, 0.3) is 0 Å². The van der Waals surface area contributed by atoms with Gasteiger partial charge in [0.2, 0.25) is 5.28 Å². The second-order valence-corrected chi connectivity index (χ2v) is 4.32. The van der Waals surface area contributed by atoms with Gasteiger partial charge in [-0.2, -0.15) is 0 Å². The number of ether oxygens (including phenoxy) is 1. The fourth-order valence-corrected chi connectivity index (χ4v) is 1.94. The van der Waals surface area contributed by atoms with Crippen LogP contribution in [0, 0.1) is 0 Å². The van der Waals surface area contributed by atoms with E-state index >= 15 is 0 Å². The lowest BCUT2D eigenvalue weighted by molar-refractivity contribution is 0.194. The summed E-state index contributed by atoms with van der Waals surface area (Å²) in [5.41, 5.74) is 0.858. The molecular formula is C13H16ClN3O. The molecule has 0 aliphatic rings. The summed E-state index contributed by atoms with van der Waals surface area (Å²) in [6.45, 7) is 1.63. The molecule has 0 bridgehead atoms. The highest BCUT2D eigenvalue weighted by molar-refractivity contribution is 6.28. The number of aromatic nitrogens is 2. The maximum Gasteiger partial charge on any atom is 0.224 e. The molecular weight excluding hydrogens is 250 g/mol. The monoisotopic (exact) mass is 265 g/mol. The zero-order valence-electron chi connectivity index (χ0n) is 10.3. The molecule has 0 saturated heterocycles. The van der Waals surface area contributed by atoms with Crippen molar-refractivity contribution in [2.45, 2.75) is 12.8 Å². The van der Waals surface area contributed by atoms with Gasteiger partial charge in [-0.1, -0.05) is 12.1 Å². The number of benzene rings is 1. The average molecular weight is 266 g/mol. The molecule has 1 heterocycles. The van der Waals surface area contributed by atoms with E-state index in [1.165, 1.54) is 0 Å². The molecule has 0 radical (unpaired) electrons. The van der Waals surface area contributed by atoms with Gasteiger partial charge in [-0.05, 0) is 36.6 Å². The van der Waals surface area contributed by atoms with Crippen LogP contribution in [-0.4, -0.2) is 30.2 Å². The van der Waals surface area contributed by atoms with E-state index in [1.807, 2.05) is 24.3 Å². The van der Waals surface area contributed by atoms with Gasteiger partial charge in [-0.25, -0.2) is 9.97 Å². The van der Waals surface area contributed by atoms with Crippen LogP contribution in [0.15, 0.2) is 24.3 Å². The van der Waals surface area contributed by atoms with E-state index in [0.717, 1.165) is 42.7 Å². The molecule has 0 amide bonds. The molecule has 0 saturated carbocycles. The molecule has 4 nitrogen and oxygen atoms in total. The van der Waals surface area contributed by atoms with E-state index in [4.69, 9.17) is 16.3 Å². The van der Waals surface area contributed by atoms with E-state index in [9.17, 15) is 0 Å². The van der Waals surface area contributed by atoms with Crippen molar-refractivity contribution in [1.29, 1.82) is 0 Å². The number of hydrogen-bond donors (Lipinski definition) is 1. The third-order valence-corrected chi connectivity index (χ3v) is 2.81. The highest BCUT2D eigenvalue weighted by Gasteiger charge is 2.05. The minimum absolute atomic E-state index is 0.271. The Morgan fingerprint density at radius 3 is 2.89 bits per heavy atom. The molecule has 96 valence electrons. The van der Waals surface area contributed by atoms with Crippen molar-refractivity contribution < 1.29 is 4.74 Å². The number of nitrogens with zero attached hydrogens (tertiary/aromatic N) is 2. The third kappa shape index (κ3) is 3.31. The molecule has 2 aromatic rings. The highest BCUT2D eigenvalue weighted by atomic mass is 35.5. The SMILES string of the molecule is COCCCCNc1nc(Cl)nc2ccccc12. The Labute approximate surface area is 111 Å². The molecule has 1 aromatic carbocycles. The van der Waals surface area contributed by atoms with Crippen LogP contribution in [0.3, 0.4) is 0 Å². The van der Waals surface area contributed by atoms with Crippen LogP contribution in [0.5, 0.6) is 0 Å². The molecule has 0 unspecified atom stereocenters. The van der Waals surface area contributed by atoms with E-state index in [2.05, 4.69) is 15.3 Å². The van der Waals surface area contributed by atoms with Crippen LogP contribution in [0.25, 0.3) is 10.9 Å². The summed E-state index contributed by atoms with van der Waals surface area (Å²) in [6, 6.07) is 7.83. The Bertz CT molecular complexity index is 519. The molecule has 5 heteroatoms. The highest BCUT2D eigenvalue weighted by Crippen LogP contribution is 2.21. The number of methoxy groups -OCH3 is 1. The summed E-state index contributed by atoms with van der Waals surface area (Å²) < 4.78 is 5.01. The number of unbranched alkanes of at least 4 members (excludes halogenated alkanes) is 1. The summed E-state index contributed by atoms with van der Waals surface area (Å²) in [6.07, 6.45) is 2.06. The van der Waals surface area contributed by atoms with Crippen molar-refractivity contribution in [1.82, 2.24) is 9.97 Å². The fraction of sp³-hybridized carbons (Fsp3) is 0.385. The molecule has 0 spiro atoms. The quantitative estimate of drug-likeness (QED) is 0.644. The average Bonchev–Trinajstić information content (AvgIpc) is 2.38. The van der Waals surface area contributed by atoms with Gasteiger partial charge in [0, 0.05) is 25.6 Å². The predicted octanol–water partition coefficient (Wildman–Crippen LogP) is 3.12. The van der Waals surface area contributed by atoms with Gasteiger partial charge in [0.05, 0.1) is 5.52 Å². The van der Waals surface area contributed by atoms with Crippen LogP contribution >= 0.6 is 11.6 Å². The number of para-hydroxylation sites is 1. The van der Waals surface area contributed by atoms with Crippen molar-refractivity contribution in [3.8, 4) is 0 Å². The molecule has 18 heavy (non-hydrogen) atoms. The Hall–Kier alpha value is -1.39. The van der Waals surface area contributed by atoms with Gasteiger partial charge in [0.15, 0.2) is 0 Å². The second-order valence-electron chi connectivity index (χ2n) is 3.99. The van der Waals surface area contributed by atoms with Gasteiger partial charge in [0.1, 0.15) is 5.82 Å². The van der Waals surface area contributed by atoms with Crippen LogP contribution in [0.1, 0.15) is 12.8 Å². The number of halogens is 1. The largest absolute Gasteiger partial charge is 0.385 e. The molecule has 0 aliphatic carbocycles. The lowest BCUT2D eigenvalue weighted by atomic mass is 10.2. The van der Waals surface area contributed by atoms with Crippen molar-refractivity contribution in [2.75, 3.05) is 25.6 Å². The Balaban J connectivity index is 2.07. The van der Waals surface area contributed by atoms with E-state index < -0.39 is 0 Å². The zero-order valence-corrected chi connectivity index (χ0v) is 11.1. The van der Waals surface area contributed by atoms with Crippen LogP contribution in [-0.2, 0) is 4.74 Å². The predicted molar refractivity (Wildman–Crippen MR) is 74.1 cm³/mol. The fourth-order valence-electron chi connectivity index (χ4n) is 1.76. The number of nitrogens with one attached hydrogen (secondary N) is 1. The second kappa shape index (κ2) is 6.52. The Morgan fingerprint density at radius 1 is 1.22 bits per heavy atom. The number of fused-ring (bicyclic) bond motifs is 1. The first-order chi connectivity index (χ1) is 8.81. The van der Waals surface area contributed by atoms with Gasteiger partial charge in [-0.3, -0.25) is 0 Å². The lowest BCUT2D eigenvalue weighted by Crippen LogP contribution is -2.05. The third-order valence-electron chi connectivity index (χ3n) is 2.64. The number of anilines is 1. The molecule has 1 aromatic heterocycles. The standard InChI is InChI=1S/C13H16ClN3O/c1-18-9-5-4-8-15-12-10-6-2-3-7-11(10)16-13(14)17-12/h2-3,6-7H,4-5,8-9H2,1H3,(H,15,16,17). The number of rotatable bonds is 6. The van der Waals surface area contributed by atoms with Gasteiger partial charge >= 0.3 is 0 Å². The first-order valence-electron chi connectivity index (χ1n) is 5.96. The van der Waals surface area contributed by atoms with Gasteiger partial charge < -0.3 is 10.1 Å². The molecule has 2 rings (SSSR count). The van der Waals surface area contributed by atoms with Gasteiger partial charge in [-0.15, -0.1) is 0 Å². The van der Waals surface area contributed by atoms with Crippen molar-refractivity contribution in [3.63, 3.8) is 0 Å². The maximum absolute atomic E-state index is 5.90. The minimum atomic E-state index is 0.271. The number of hydrogen-bond acceptors (Lipinski definition) is 4. The van der Waals surface area contributed by atoms with Crippen molar-refractivity contribution in [3.05, 3.63) is 29.5 Å². The van der Waals surface area contributed by atoms with Crippen LogP contribution in [0.4, 0.5) is 5.82 Å². The first-order valence-corrected chi connectivity index (χ1v) is 6.34. The van der Waals surface area contributed by atoms with Crippen molar-refractivity contribution >= 4 is 28.3 Å². The molecule has 0 aliphatic heterocycles. The molecule has 1 N–H and O–H groups in total. The summed E-state index contributed by atoms with van der Waals surface area (Å²) >= 11 is 5.90. The summed E-state index contributed by atoms with van der Waals surface area (Å²) in [4.78, 5) is 8.42. The maximum atomic E-state index is 5.90. The van der Waals surface area contributed by atoms with Crippen LogP contribution in [0.2, 0.25) is 5.28 Å². The summed E-state index contributed by atoms with van der Waals surface area (Å²) in [5.74, 6) is 0.794. The van der Waals surface area contributed by atoms with E-state index in [-0.39, 0.29) is 5.28 Å². The zero-order chi connectivity index (χ0) is 12.8. The molecule has 0 fully saturated rings. The van der Waals surface area contributed by atoms with E-state index in [1.54, 1.807) is 7.11 Å². The normalized spacial score (nSPS) is 10.8. The first kappa shape index (κ1) is 13.1. The Kier molecular flexibility index (Phi) is 4.73. The minimum Gasteiger partial charge on any atom is -0.385 e. The summed E-state index contributed by atoms with van der Waals surface area (Å²) in [7, 11) is 1.71. The topological polar surface area (TPSA) is 47.0 Å². The molecule has 0 atom stereocenters.